The molecule has 2 aromatic carbocycles. The van der Waals surface area contributed by atoms with Crippen LogP contribution in [0.15, 0.2) is 42.5 Å². The lowest BCUT2D eigenvalue weighted by atomic mass is 9.97. The van der Waals surface area contributed by atoms with Gasteiger partial charge in [-0.15, -0.1) is 0 Å². The molecule has 0 aliphatic rings. The van der Waals surface area contributed by atoms with E-state index in [-0.39, 0.29) is 11.6 Å². The van der Waals surface area contributed by atoms with Crippen LogP contribution in [0.25, 0.3) is 0 Å². The Balaban J connectivity index is 2.48. The number of ether oxygens (including phenoxy) is 1. The molecule has 21 heavy (non-hydrogen) atoms. The Kier molecular flexibility index (Phi) is 5.28. The van der Waals surface area contributed by atoms with E-state index in [2.05, 4.69) is 5.32 Å². The van der Waals surface area contributed by atoms with Crippen LogP contribution in [-0.4, -0.2) is 13.7 Å². The highest BCUT2D eigenvalue weighted by molar-refractivity contribution is 5.38. The molecule has 0 aliphatic carbocycles. The monoisotopic (exact) mass is 291 g/mol. The van der Waals surface area contributed by atoms with E-state index < -0.39 is 11.9 Å². The summed E-state index contributed by atoms with van der Waals surface area (Å²) >= 11 is 0. The number of benzene rings is 2. The first kappa shape index (κ1) is 15.4. The Labute approximate surface area is 123 Å². The number of halogens is 2. The summed E-state index contributed by atoms with van der Waals surface area (Å²) in [7, 11) is 1.42. The van der Waals surface area contributed by atoms with Gasteiger partial charge in [-0.1, -0.05) is 37.3 Å². The van der Waals surface area contributed by atoms with Gasteiger partial charge in [0.15, 0.2) is 11.6 Å². The standard InChI is InChI=1S/C17H19F2NO/c1-3-11-20-17(12-7-4-5-9-14(12)18)13-8-6-10-15(21-2)16(13)19/h4-10,17,20H,3,11H2,1-2H3. The Morgan fingerprint density at radius 3 is 2.43 bits per heavy atom. The molecule has 0 amide bonds. The van der Waals surface area contributed by atoms with Crippen molar-refractivity contribution in [2.75, 3.05) is 13.7 Å². The van der Waals surface area contributed by atoms with Gasteiger partial charge in [0.2, 0.25) is 0 Å². The van der Waals surface area contributed by atoms with Crippen LogP contribution in [0, 0.1) is 11.6 Å². The van der Waals surface area contributed by atoms with Gasteiger partial charge < -0.3 is 10.1 Å². The molecule has 0 radical (unpaired) electrons. The van der Waals surface area contributed by atoms with Gasteiger partial charge in [-0.3, -0.25) is 0 Å². The van der Waals surface area contributed by atoms with E-state index in [1.165, 1.54) is 13.2 Å². The summed E-state index contributed by atoms with van der Waals surface area (Å²) in [6.07, 6.45) is 0.872. The van der Waals surface area contributed by atoms with Gasteiger partial charge in [-0.05, 0) is 25.1 Å². The van der Waals surface area contributed by atoms with Gasteiger partial charge in [0, 0.05) is 11.1 Å². The molecule has 112 valence electrons. The Morgan fingerprint density at radius 1 is 1.05 bits per heavy atom. The number of methoxy groups -OCH3 is 1. The smallest absolute Gasteiger partial charge is 0.170 e. The van der Waals surface area contributed by atoms with E-state index >= 15 is 0 Å². The third-order valence-electron chi connectivity index (χ3n) is 3.34. The SMILES string of the molecule is CCCNC(c1ccccc1F)c1cccc(OC)c1F. The molecule has 0 saturated heterocycles. The van der Waals surface area contributed by atoms with Gasteiger partial charge in [-0.2, -0.15) is 0 Å². The van der Waals surface area contributed by atoms with Gasteiger partial charge in [-0.25, -0.2) is 8.78 Å². The fourth-order valence-corrected chi connectivity index (χ4v) is 2.29. The van der Waals surface area contributed by atoms with Gasteiger partial charge >= 0.3 is 0 Å². The second-order valence-corrected chi connectivity index (χ2v) is 4.77. The maximum absolute atomic E-state index is 14.5. The molecule has 0 aromatic heterocycles. The molecular formula is C17H19F2NO. The van der Waals surface area contributed by atoms with Crippen molar-refractivity contribution >= 4 is 0 Å². The maximum Gasteiger partial charge on any atom is 0.170 e. The van der Waals surface area contributed by atoms with E-state index in [0.717, 1.165) is 6.42 Å². The van der Waals surface area contributed by atoms with E-state index in [1.54, 1.807) is 36.4 Å². The summed E-state index contributed by atoms with van der Waals surface area (Å²) in [5.74, 6) is -0.655. The molecule has 0 fully saturated rings. The first-order valence-corrected chi connectivity index (χ1v) is 6.99. The highest BCUT2D eigenvalue weighted by atomic mass is 19.1. The third kappa shape index (κ3) is 3.39. The second kappa shape index (κ2) is 7.18. The van der Waals surface area contributed by atoms with Gasteiger partial charge in [0.25, 0.3) is 0 Å². The highest BCUT2D eigenvalue weighted by Gasteiger charge is 2.22. The molecule has 0 spiro atoms. The first-order valence-electron chi connectivity index (χ1n) is 6.99. The van der Waals surface area contributed by atoms with Crippen molar-refractivity contribution in [1.82, 2.24) is 5.32 Å². The summed E-state index contributed by atoms with van der Waals surface area (Å²) in [5.41, 5.74) is 0.811. The summed E-state index contributed by atoms with van der Waals surface area (Å²) < 4.78 is 33.6. The van der Waals surface area contributed by atoms with Crippen LogP contribution in [0.5, 0.6) is 5.75 Å². The third-order valence-corrected chi connectivity index (χ3v) is 3.34. The van der Waals surface area contributed by atoms with Gasteiger partial charge in [0.05, 0.1) is 13.2 Å². The van der Waals surface area contributed by atoms with Crippen LogP contribution in [0.3, 0.4) is 0 Å². The predicted octanol–water partition coefficient (Wildman–Crippen LogP) is 4.06. The Hall–Kier alpha value is -1.94. The van der Waals surface area contributed by atoms with Crippen molar-refractivity contribution in [1.29, 1.82) is 0 Å². The molecule has 1 atom stereocenters. The summed E-state index contributed by atoms with van der Waals surface area (Å²) in [6.45, 7) is 2.67. The summed E-state index contributed by atoms with van der Waals surface area (Å²) in [5, 5.41) is 3.20. The minimum Gasteiger partial charge on any atom is -0.494 e. The fourth-order valence-electron chi connectivity index (χ4n) is 2.29. The average Bonchev–Trinajstić information content (AvgIpc) is 2.50. The highest BCUT2D eigenvalue weighted by Crippen LogP contribution is 2.30. The number of hydrogen-bond acceptors (Lipinski definition) is 2. The molecule has 0 saturated carbocycles. The molecule has 4 heteroatoms. The van der Waals surface area contributed by atoms with Crippen LogP contribution >= 0.6 is 0 Å². The van der Waals surface area contributed by atoms with E-state index in [0.29, 0.717) is 17.7 Å². The minimum atomic E-state index is -0.541. The van der Waals surface area contributed by atoms with Crippen LogP contribution in [0.2, 0.25) is 0 Å². The zero-order valence-corrected chi connectivity index (χ0v) is 12.2. The molecular weight excluding hydrogens is 272 g/mol. The number of rotatable bonds is 6. The molecule has 1 N–H and O–H groups in total. The lowest BCUT2D eigenvalue weighted by molar-refractivity contribution is 0.381. The second-order valence-electron chi connectivity index (χ2n) is 4.77. The van der Waals surface area contributed by atoms with Crippen molar-refractivity contribution in [2.24, 2.45) is 0 Å². The predicted molar refractivity (Wildman–Crippen MR) is 79.5 cm³/mol. The van der Waals surface area contributed by atoms with Crippen molar-refractivity contribution in [3.63, 3.8) is 0 Å². The molecule has 2 rings (SSSR count). The quantitative estimate of drug-likeness (QED) is 0.866. The largest absolute Gasteiger partial charge is 0.494 e. The van der Waals surface area contributed by atoms with Crippen LogP contribution in [0.1, 0.15) is 30.5 Å². The first-order chi connectivity index (χ1) is 10.2. The molecule has 1 unspecified atom stereocenters. The van der Waals surface area contributed by atoms with E-state index in [9.17, 15) is 8.78 Å². The van der Waals surface area contributed by atoms with Crippen LogP contribution in [-0.2, 0) is 0 Å². The lowest BCUT2D eigenvalue weighted by Crippen LogP contribution is -2.25. The maximum atomic E-state index is 14.5. The minimum absolute atomic E-state index is 0.159. The van der Waals surface area contributed by atoms with Crippen molar-refractivity contribution < 1.29 is 13.5 Å². The molecule has 2 nitrogen and oxygen atoms in total. The fraction of sp³-hybridized carbons (Fsp3) is 0.294. The van der Waals surface area contributed by atoms with Crippen molar-refractivity contribution in [2.45, 2.75) is 19.4 Å². The zero-order valence-electron chi connectivity index (χ0n) is 12.2. The summed E-state index contributed by atoms with van der Waals surface area (Å²) in [6, 6.07) is 10.8. The zero-order chi connectivity index (χ0) is 15.2. The lowest BCUT2D eigenvalue weighted by Gasteiger charge is -2.21. The van der Waals surface area contributed by atoms with Crippen molar-refractivity contribution in [3.8, 4) is 5.75 Å². The normalized spacial score (nSPS) is 12.2. The Morgan fingerprint density at radius 2 is 1.76 bits per heavy atom. The number of nitrogens with one attached hydrogen (secondary N) is 1. The topological polar surface area (TPSA) is 21.3 Å². The number of hydrogen-bond donors (Lipinski definition) is 1. The van der Waals surface area contributed by atoms with Crippen LogP contribution in [0.4, 0.5) is 8.78 Å². The van der Waals surface area contributed by atoms with E-state index in [4.69, 9.17) is 4.74 Å². The average molecular weight is 291 g/mol. The molecule has 0 bridgehead atoms. The molecule has 2 aromatic rings. The van der Waals surface area contributed by atoms with Crippen molar-refractivity contribution in [3.05, 3.63) is 65.2 Å². The Bertz CT molecular complexity index is 601. The molecule has 0 aliphatic heterocycles. The van der Waals surface area contributed by atoms with Gasteiger partial charge in [0.1, 0.15) is 5.82 Å². The molecule has 0 heterocycles. The van der Waals surface area contributed by atoms with E-state index in [1.807, 2.05) is 6.92 Å². The summed E-state index contributed by atoms with van der Waals surface area (Å²) in [4.78, 5) is 0. The van der Waals surface area contributed by atoms with Crippen LogP contribution < -0.4 is 10.1 Å².